The number of carbonyl (C=O) groups is 2. The summed E-state index contributed by atoms with van der Waals surface area (Å²) in [6.45, 7) is 3.42. The molecule has 22 heavy (non-hydrogen) atoms. The summed E-state index contributed by atoms with van der Waals surface area (Å²) in [6, 6.07) is 9.91. The van der Waals surface area contributed by atoms with Gasteiger partial charge >= 0.3 is 5.97 Å². The van der Waals surface area contributed by atoms with Gasteiger partial charge in [-0.25, -0.2) is 9.78 Å². The van der Waals surface area contributed by atoms with E-state index in [-0.39, 0.29) is 21.7 Å². The fourth-order valence-electron chi connectivity index (χ4n) is 1.78. The largest absolute Gasteiger partial charge is 0.449 e. The number of halogens is 2. The van der Waals surface area contributed by atoms with Gasteiger partial charge in [0, 0.05) is 5.56 Å². The Bertz CT molecular complexity index is 714. The summed E-state index contributed by atoms with van der Waals surface area (Å²) >= 11 is 11.6. The predicted octanol–water partition coefficient (Wildman–Crippen LogP) is 4.13. The van der Waals surface area contributed by atoms with Crippen molar-refractivity contribution in [3.05, 3.63) is 63.4 Å². The maximum Gasteiger partial charge on any atom is 0.359 e. The zero-order valence-electron chi connectivity index (χ0n) is 12.0. The number of ketones is 1. The molecule has 1 aromatic carbocycles. The van der Waals surface area contributed by atoms with Gasteiger partial charge in [0.25, 0.3) is 0 Å². The molecule has 6 heteroatoms. The third-order valence-electron chi connectivity index (χ3n) is 2.99. The molecule has 0 spiro atoms. The number of ether oxygens (including phenoxy) is 1. The van der Waals surface area contributed by atoms with Crippen molar-refractivity contribution in [3.8, 4) is 0 Å². The number of rotatable bonds is 4. The third kappa shape index (κ3) is 3.84. The Hall–Kier alpha value is -1.91. The molecule has 4 nitrogen and oxygen atoms in total. The summed E-state index contributed by atoms with van der Waals surface area (Å²) in [5.41, 5.74) is 1.39. The van der Waals surface area contributed by atoms with Gasteiger partial charge in [-0.2, -0.15) is 0 Å². The summed E-state index contributed by atoms with van der Waals surface area (Å²) in [5, 5.41) is 0.234. The Morgan fingerprint density at radius 1 is 1.09 bits per heavy atom. The molecule has 0 saturated heterocycles. The van der Waals surface area contributed by atoms with Crippen LogP contribution in [0.5, 0.6) is 0 Å². The van der Waals surface area contributed by atoms with E-state index in [9.17, 15) is 9.59 Å². The average molecular weight is 338 g/mol. The van der Waals surface area contributed by atoms with Gasteiger partial charge in [0.1, 0.15) is 5.15 Å². The summed E-state index contributed by atoms with van der Waals surface area (Å²) in [6.07, 6.45) is -0.952. The van der Waals surface area contributed by atoms with Crippen molar-refractivity contribution in [2.75, 3.05) is 0 Å². The van der Waals surface area contributed by atoms with Gasteiger partial charge in [-0.15, -0.1) is 0 Å². The number of aryl methyl sites for hydroxylation is 1. The maximum absolute atomic E-state index is 12.2. The lowest BCUT2D eigenvalue weighted by Crippen LogP contribution is -2.25. The fraction of sp³-hybridized carbons (Fsp3) is 0.188. The van der Waals surface area contributed by atoms with Crippen LogP contribution in [0.15, 0.2) is 36.4 Å². The van der Waals surface area contributed by atoms with E-state index >= 15 is 0 Å². The number of Topliss-reactive ketones (excluding diaryl/α,β-unsaturated/α-hetero) is 1. The molecule has 0 aliphatic heterocycles. The second kappa shape index (κ2) is 6.90. The number of benzene rings is 1. The lowest BCUT2D eigenvalue weighted by atomic mass is 10.1. The van der Waals surface area contributed by atoms with Gasteiger partial charge in [-0.1, -0.05) is 53.0 Å². The smallest absolute Gasteiger partial charge is 0.359 e. The van der Waals surface area contributed by atoms with Crippen LogP contribution in [0.2, 0.25) is 10.2 Å². The predicted molar refractivity (Wildman–Crippen MR) is 84.6 cm³/mol. The van der Waals surface area contributed by atoms with Crippen LogP contribution in [0.3, 0.4) is 0 Å². The first-order valence-electron chi connectivity index (χ1n) is 6.52. The van der Waals surface area contributed by atoms with Gasteiger partial charge in [0.2, 0.25) is 5.78 Å². The van der Waals surface area contributed by atoms with E-state index in [4.69, 9.17) is 27.9 Å². The SMILES string of the molecule is Cc1ccc(C(=O)[C@@H](C)OC(=O)c2nc(Cl)ccc2Cl)cc1. The molecular weight excluding hydrogens is 325 g/mol. The van der Waals surface area contributed by atoms with E-state index in [1.54, 1.807) is 12.1 Å². The molecule has 0 unspecified atom stereocenters. The lowest BCUT2D eigenvalue weighted by molar-refractivity contribution is 0.0313. The molecule has 0 aliphatic carbocycles. The maximum atomic E-state index is 12.2. The van der Waals surface area contributed by atoms with E-state index in [0.29, 0.717) is 5.56 Å². The number of carbonyl (C=O) groups excluding carboxylic acids is 2. The van der Waals surface area contributed by atoms with E-state index < -0.39 is 12.1 Å². The molecule has 2 aromatic rings. The van der Waals surface area contributed by atoms with Crippen LogP contribution in [0, 0.1) is 6.92 Å². The quantitative estimate of drug-likeness (QED) is 0.478. The minimum Gasteiger partial charge on any atom is -0.449 e. The normalized spacial score (nSPS) is 11.8. The molecule has 114 valence electrons. The van der Waals surface area contributed by atoms with Crippen LogP contribution in [-0.2, 0) is 4.74 Å². The Kier molecular flexibility index (Phi) is 5.16. The molecule has 0 aliphatic rings. The number of hydrogen-bond donors (Lipinski definition) is 0. The van der Waals surface area contributed by atoms with Crippen molar-refractivity contribution >= 4 is 35.0 Å². The minimum absolute atomic E-state index is 0.113. The molecule has 0 amide bonds. The highest BCUT2D eigenvalue weighted by atomic mass is 35.5. The fourth-order valence-corrected chi connectivity index (χ4v) is 2.11. The van der Waals surface area contributed by atoms with E-state index in [1.165, 1.54) is 19.1 Å². The Balaban J connectivity index is 2.12. The number of aromatic nitrogens is 1. The summed E-state index contributed by atoms with van der Waals surface area (Å²) < 4.78 is 5.12. The summed E-state index contributed by atoms with van der Waals surface area (Å²) in [7, 11) is 0. The standard InChI is InChI=1S/C16H13Cl2NO3/c1-9-3-5-11(6-4-9)15(20)10(2)22-16(21)14-12(17)7-8-13(18)19-14/h3-8,10H,1-2H3/t10-/m1/s1. The molecule has 0 fully saturated rings. The average Bonchev–Trinajstić information content (AvgIpc) is 2.49. The first-order valence-corrected chi connectivity index (χ1v) is 7.28. The highest BCUT2D eigenvalue weighted by molar-refractivity contribution is 6.34. The van der Waals surface area contributed by atoms with Crippen molar-refractivity contribution in [2.24, 2.45) is 0 Å². The first kappa shape index (κ1) is 16.5. The van der Waals surface area contributed by atoms with Crippen molar-refractivity contribution in [1.29, 1.82) is 0 Å². The Morgan fingerprint density at radius 2 is 1.73 bits per heavy atom. The molecular formula is C16H13Cl2NO3. The molecule has 2 rings (SSSR count). The minimum atomic E-state index is -0.952. The van der Waals surface area contributed by atoms with E-state index in [2.05, 4.69) is 4.98 Å². The third-order valence-corrected chi connectivity index (χ3v) is 3.51. The van der Waals surface area contributed by atoms with Crippen LogP contribution in [0.25, 0.3) is 0 Å². The van der Waals surface area contributed by atoms with Gasteiger partial charge < -0.3 is 4.74 Å². The van der Waals surface area contributed by atoms with Gasteiger partial charge in [0.05, 0.1) is 5.02 Å². The van der Waals surface area contributed by atoms with Crippen molar-refractivity contribution in [1.82, 2.24) is 4.98 Å². The summed E-state index contributed by atoms with van der Waals surface area (Å²) in [4.78, 5) is 28.1. The Labute approximate surface area is 138 Å². The monoisotopic (exact) mass is 337 g/mol. The molecule has 0 radical (unpaired) electrons. The number of nitrogens with zero attached hydrogens (tertiary/aromatic N) is 1. The summed E-state index contributed by atoms with van der Waals surface area (Å²) in [5.74, 6) is -1.09. The molecule has 0 bridgehead atoms. The molecule has 1 heterocycles. The topological polar surface area (TPSA) is 56.3 Å². The van der Waals surface area contributed by atoms with Gasteiger partial charge in [0.15, 0.2) is 11.8 Å². The van der Waals surface area contributed by atoms with E-state index in [1.807, 2.05) is 19.1 Å². The zero-order chi connectivity index (χ0) is 16.3. The number of esters is 1. The number of hydrogen-bond acceptors (Lipinski definition) is 4. The van der Waals surface area contributed by atoms with E-state index in [0.717, 1.165) is 5.56 Å². The highest BCUT2D eigenvalue weighted by Crippen LogP contribution is 2.19. The molecule has 1 atom stereocenters. The molecule has 0 saturated carbocycles. The first-order chi connectivity index (χ1) is 10.4. The molecule has 1 aromatic heterocycles. The van der Waals surface area contributed by atoms with Crippen LogP contribution in [-0.4, -0.2) is 22.8 Å². The zero-order valence-corrected chi connectivity index (χ0v) is 13.5. The second-order valence-electron chi connectivity index (χ2n) is 4.74. The van der Waals surface area contributed by atoms with Gasteiger partial charge in [-0.3, -0.25) is 4.79 Å². The Morgan fingerprint density at radius 3 is 2.36 bits per heavy atom. The lowest BCUT2D eigenvalue weighted by Gasteiger charge is -2.12. The highest BCUT2D eigenvalue weighted by Gasteiger charge is 2.22. The second-order valence-corrected chi connectivity index (χ2v) is 5.54. The van der Waals surface area contributed by atoms with Crippen LogP contribution >= 0.6 is 23.2 Å². The van der Waals surface area contributed by atoms with Crippen molar-refractivity contribution < 1.29 is 14.3 Å². The van der Waals surface area contributed by atoms with Gasteiger partial charge in [-0.05, 0) is 26.0 Å². The van der Waals surface area contributed by atoms with Crippen molar-refractivity contribution in [3.63, 3.8) is 0 Å². The van der Waals surface area contributed by atoms with Crippen LogP contribution < -0.4 is 0 Å². The van der Waals surface area contributed by atoms with Crippen LogP contribution in [0.1, 0.15) is 33.3 Å². The van der Waals surface area contributed by atoms with Crippen LogP contribution in [0.4, 0.5) is 0 Å². The molecule has 0 N–H and O–H groups in total. The van der Waals surface area contributed by atoms with Crippen molar-refractivity contribution in [2.45, 2.75) is 20.0 Å². The number of pyridine rings is 1.